The van der Waals surface area contributed by atoms with Crippen molar-refractivity contribution in [3.8, 4) is 0 Å². The molecule has 0 fully saturated rings. The molecule has 1 aromatic rings. The summed E-state index contributed by atoms with van der Waals surface area (Å²) in [6.07, 6.45) is 2.96. The average molecular weight is 260 g/mol. The van der Waals surface area contributed by atoms with E-state index in [0.717, 1.165) is 18.5 Å². The van der Waals surface area contributed by atoms with Crippen molar-refractivity contribution in [1.82, 2.24) is 10.6 Å². The van der Waals surface area contributed by atoms with Crippen LogP contribution < -0.4 is 10.6 Å². The van der Waals surface area contributed by atoms with E-state index in [1.165, 1.54) is 0 Å². The zero-order chi connectivity index (χ0) is 14.3. The van der Waals surface area contributed by atoms with E-state index in [4.69, 9.17) is 0 Å². The van der Waals surface area contributed by atoms with Crippen molar-refractivity contribution in [3.05, 3.63) is 48.0 Å². The summed E-state index contributed by atoms with van der Waals surface area (Å²) in [5, 5.41) is 6.13. The SMILES string of the molecule is C=CC[C@@H](C)[C@@H](C)NCc1cccc(C(=O)NC)c1. The van der Waals surface area contributed by atoms with E-state index in [1.54, 1.807) is 7.05 Å². The van der Waals surface area contributed by atoms with Crippen LogP contribution in [0, 0.1) is 5.92 Å². The molecule has 0 aliphatic rings. The van der Waals surface area contributed by atoms with E-state index in [-0.39, 0.29) is 5.91 Å². The van der Waals surface area contributed by atoms with E-state index in [9.17, 15) is 4.79 Å². The molecule has 0 spiro atoms. The predicted molar refractivity (Wildman–Crippen MR) is 80.1 cm³/mol. The largest absolute Gasteiger partial charge is 0.355 e. The normalized spacial score (nSPS) is 13.6. The molecule has 0 heterocycles. The summed E-state index contributed by atoms with van der Waals surface area (Å²) < 4.78 is 0. The molecular formula is C16H24N2O. The van der Waals surface area contributed by atoms with Gasteiger partial charge in [0.1, 0.15) is 0 Å². The Hall–Kier alpha value is -1.61. The van der Waals surface area contributed by atoms with E-state index in [1.807, 2.05) is 30.3 Å². The molecule has 1 amide bonds. The Labute approximate surface area is 116 Å². The Bertz CT molecular complexity index is 429. The third-order valence-corrected chi connectivity index (χ3v) is 3.44. The summed E-state index contributed by atoms with van der Waals surface area (Å²) in [6.45, 7) is 8.93. The maximum absolute atomic E-state index is 11.6. The molecule has 3 nitrogen and oxygen atoms in total. The van der Waals surface area contributed by atoms with Crippen LogP contribution in [0.4, 0.5) is 0 Å². The summed E-state index contributed by atoms with van der Waals surface area (Å²) in [5.74, 6) is 0.509. The van der Waals surface area contributed by atoms with Gasteiger partial charge in [0.05, 0.1) is 0 Å². The summed E-state index contributed by atoms with van der Waals surface area (Å²) in [7, 11) is 1.65. The van der Waals surface area contributed by atoms with Gasteiger partial charge in [-0.2, -0.15) is 0 Å². The van der Waals surface area contributed by atoms with Crippen LogP contribution in [-0.2, 0) is 6.54 Å². The molecule has 0 saturated heterocycles. The molecule has 0 bridgehead atoms. The first-order valence-corrected chi connectivity index (χ1v) is 6.73. The fourth-order valence-corrected chi connectivity index (χ4v) is 1.91. The molecule has 0 radical (unpaired) electrons. The summed E-state index contributed by atoms with van der Waals surface area (Å²) in [6, 6.07) is 8.12. The van der Waals surface area contributed by atoms with Crippen LogP contribution in [0.15, 0.2) is 36.9 Å². The van der Waals surface area contributed by atoms with E-state index in [2.05, 4.69) is 31.1 Å². The van der Waals surface area contributed by atoms with Crippen LogP contribution in [0.5, 0.6) is 0 Å². The third-order valence-electron chi connectivity index (χ3n) is 3.44. The van der Waals surface area contributed by atoms with Gasteiger partial charge in [-0.15, -0.1) is 6.58 Å². The van der Waals surface area contributed by atoms with Gasteiger partial charge in [-0.25, -0.2) is 0 Å². The minimum absolute atomic E-state index is 0.0464. The standard InChI is InChI=1S/C16H24N2O/c1-5-7-12(2)13(3)18-11-14-8-6-9-15(10-14)16(19)17-4/h5-6,8-10,12-13,18H,1,7,11H2,2-4H3,(H,17,19)/t12-,13-/m1/s1. The Morgan fingerprint density at radius 2 is 2.16 bits per heavy atom. The molecule has 19 heavy (non-hydrogen) atoms. The maximum Gasteiger partial charge on any atom is 0.251 e. The van der Waals surface area contributed by atoms with Gasteiger partial charge < -0.3 is 10.6 Å². The van der Waals surface area contributed by atoms with Crippen molar-refractivity contribution >= 4 is 5.91 Å². The molecule has 0 aliphatic heterocycles. The lowest BCUT2D eigenvalue weighted by molar-refractivity contribution is 0.0963. The Balaban J connectivity index is 2.58. The van der Waals surface area contributed by atoms with Crippen molar-refractivity contribution in [2.75, 3.05) is 7.05 Å². The first-order chi connectivity index (χ1) is 9.08. The smallest absolute Gasteiger partial charge is 0.251 e. The summed E-state index contributed by atoms with van der Waals surface area (Å²) in [5.41, 5.74) is 1.83. The predicted octanol–water partition coefficient (Wildman–Crippen LogP) is 2.74. The number of benzene rings is 1. The topological polar surface area (TPSA) is 41.1 Å². The Morgan fingerprint density at radius 3 is 2.79 bits per heavy atom. The van der Waals surface area contributed by atoms with E-state index < -0.39 is 0 Å². The fraction of sp³-hybridized carbons (Fsp3) is 0.438. The van der Waals surface area contributed by atoms with Gasteiger partial charge in [0.25, 0.3) is 5.91 Å². The lowest BCUT2D eigenvalue weighted by Crippen LogP contribution is -2.31. The van der Waals surface area contributed by atoms with Crippen LogP contribution in [0.1, 0.15) is 36.2 Å². The molecule has 0 saturated carbocycles. The molecule has 3 heteroatoms. The van der Waals surface area contributed by atoms with Gasteiger partial charge in [-0.05, 0) is 37.0 Å². The number of nitrogens with one attached hydrogen (secondary N) is 2. The van der Waals surface area contributed by atoms with Gasteiger partial charge >= 0.3 is 0 Å². The minimum atomic E-state index is -0.0464. The van der Waals surface area contributed by atoms with Crippen molar-refractivity contribution < 1.29 is 4.79 Å². The maximum atomic E-state index is 11.6. The molecule has 2 atom stereocenters. The molecule has 1 rings (SSSR count). The van der Waals surface area contributed by atoms with Gasteiger partial charge in [0.2, 0.25) is 0 Å². The van der Waals surface area contributed by atoms with Crippen LogP contribution in [-0.4, -0.2) is 19.0 Å². The zero-order valence-corrected chi connectivity index (χ0v) is 12.1. The number of rotatable bonds is 7. The summed E-state index contributed by atoms with van der Waals surface area (Å²) >= 11 is 0. The molecule has 2 N–H and O–H groups in total. The third kappa shape index (κ3) is 4.87. The second kappa shape index (κ2) is 7.74. The Morgan fingerprint density at radius 1 is 1.42 bits per heavy atom. The number of carbonyl (C=O) groups is 1. The van der Waals surface area contributed by atoms with Gasteiger partial charge in [0.15, 0.2) is 0 Å². The number of hydrogen-bond acceptors (Lipinski definition) is 2. The number of carbonyl (C=O) groups excluding carboxylic acids is 1. The lowest BCUT2D eigenvalue weighted by atomic mass is 9.99. The first kappa shape index (κ1) is 15.4. The molecule has 0 aromatic heterocycles. The number of allylic oxidation sites excluding steroid dienone is 1. The monoisotopic (exact) mass is 260 g/mol. The van der Waals surface area contributed by atoms with Crippen LogP contribution >= 0.6 is 0 Å². The van der Waals surface area contributed by atoms with Gasteiger partial charge in [-0.1, -0.05) is 25.1 Å². The molecule has 104 valence electrons. The molecular weight excluding hydrogens is 236 g/mol. The zero-order valence-electron chi connectivity index (χ0n) is 12.1. The van der Waals surface area contributed by atoms with Gasteiger partial charge in [0, 0.05) is 25.2 Å². The molecule has 0 aliphatic carbocycles. The highest BCUT2D eigenvalue weighted by Crippen LogP contribution is 2.10. The van der Waals surface area contributed by atoms with Crippen LogP contribution in [0.3, 0.4) is 0 Å². The highest BCUT2D eigenvalue weighted by atomic mass is 16.1. The first-order valence-electron chi connectivity index (χ1n) is 6.73. The van der Waals surface area contributed by atoms with Crippen molar-refractivity contribution in [1.29, 1.82) is 0 Å². The summed E-state index contributed by atoms with van der Waals surface area (Å²) in [4.78, 5) is 11.6. The van der Waals surface area contributed by atoms with Crippen molar-refractivity contribution in [2.45, 2.75) is 32.9 Å². The lowest BCUT2D eigenvalue weighted by Gasteiger charge is -2.20. The minimum Gasteiger partial charge on any atom is -0.355 e. The van der Waals surface area contributed by atoms with Crippen LogP contribution in [0.25, 0.3) is 0 Å². The number of hydrogen-bond donors (Lipinski definition) is 2. The second-order valence-electron chi connectivity index (χ2n) is 4.95. The van der Waals surface area contributed by atoms with Crippen molar-refractivity contribution in [3.63, 3.8) is 0 Å². The second-order valence-corrected chi connectivity index (χ2v) is 4.95. The Kier molecular flexibility index (Phi) is 6.30. The molecule has 1 aromatic carbocycles. The highest BCUT2D eigenvalue weighted by molar-refractivity contribution is 5.94. The number of amides is 1. The van der Waals surface area contributed by atoms with E-state index >= 15 is 0 Å². The molecule has 0 unspecified atom stereocenters. The quantitative estimate of drug-likeness (QED) is 0.740. The van der Waals surface area contributed by atoms with E-state index in [0.29, 0.717) is 17.5 Å². The van der Waals surface area contributed by atoms with Crippen molar-refractivity contribution in [2.24, 2.45) is 5.92 Å². The highest BCUT2D eigenvalue weighted by Gasteiger charge is 2.10. The van der Waals surface area contributed by atoms with Crippen LogP contribution in [0.2, 0.25) is 0 Å². The van der Waals surface area contributed by atoms with Gasteiger partial charge in [-0.3, -0.25) is 4.79 Å². The average Bonchev–Trinajstić information content (AvgIpc) is 2.44. The fourth-order valence-electron chi connectivity index (χ4n) is 1.91.